The predicted octanol–water partition coefficient (Wildman–Crippen LogP) is 4.48. The number of benzene rings is 1. The summed E-state index contributed by atoms with van der Waals surface area (Å²) in [4.78, 5) is 2.50. The van der Waals surface area contributed by atoms with Crippen LogP contribution in [0.2, 0.25) is 0 Å². The van der Waals surface area contributed by atoms with E-state index in [9.17, 15) is 4.39 Å². The second-order valence-corrected chi connectivity index (χ2v) is 6.99. The molecule has 1 fully saturated rings. The molecular formula is C15H15BrFNOS. The third kappa shape index (κ3) is 3.81. The van der Waals surface area contributed by atoms with Gasteiger partial charge < -0.3 is 10.1 Å². The summed E-state index contributed by atoms with van der Waals surface area (Å²) in [6, 6.07) is 9.41. The first-order valence-corrected chi connectivity index (χ1v) is 8.20. The molecule has 20 heavy (non-hydrogen) atoms. The second-order valence-electron chi connectivity index (χ2n) is 4.89. The van der Waals surface area contributed by atoms with Gasteiger partial charge in [0.25, 0.3) is 0 Å². The summed E-state index contributed by atoms with van der Waals surface area (Å²) >= 11 is 5.06. The lowest BCUT2D eigenvalue weighted by Crippen LogP contribution is -2.14. The summed E-state index contributed by atoms with van der Waals surface area (Å²) in [6.45, 7) is 1.45. The fourth-order valence-corrected chi connectivity index (χ4v) is 3.22. The zero-order chi connectivity index (χ0) is 13.9. The minimum atomic E-state index is -0.270. The molecule has 0 atom stereocenters. The van der Waals surface area contributed by atoms with Crippen LogP contribution < -0.4 is 10.1 Å². The van der Waals surface area contributed by atoms with Crippen molar-refractivity contribution in [2.45, 2.75) is 32.0 Å². The molecule has 0 radical (unpaired) electrons. The molecule has 0 saturated heterocycles. The number of rotatable bonds is 6. The molecule has 3 rings (SSSR count). The van der Waals surface area contributed by atoms with Gasteiger partial charge in [-0.2, -0.15) is 0 Å². The van der Waals surface area contributed by atoms with Gasteiger partial charge in [0, 0.05) is 22.3 Å². The number of thiophene rings is 1. The van der Waals surface area contributed by atoms with Crippen molar-refractivity contribution in [2.75, 3.05) is 0 Å². The summed E-state index contributed by atoms with van der Waals surface area (Å²) in [7, 11) is 0. The number of hydrogen-bond donors (Lipinski definition) is 1. The van der Waals surface area contributed by atoms with E-state index in [2.05, 4.69) is 33.4 Å². The zero-order valence-electron chi connectivity index (χ0n) is 10.9. The van der Waals surface area contributed by atoms with Crippen molar-refractivity contribution in [1.82, 2.24) is 5.32 Å². The van der Waals surface area contributed by atoms with Crippen LogP contribution in [0.3, 0.4) is 0 Å². The third-order valence-corrected chi connectivity index (χ3v) is 4.80. The fourth-order valence-electron chi connectivity index (χ4n) is 1.87. The Morgan fingerprint density at radius 3 is 2.80 bits per heavy atom. The highest BCUT2D eigenvalue weighted by Gasteiger charge is 2.20. The Bertz CT molecular complexity index is 597. The van der Waals surface area contributed by atoms with E-state index in [1.54, 1.807) is 17.4 Å². The van der Waals surface area contributed by atoms with Crippen LogP contribution in [0.5, 0.6) is 5.75 Å². The molecule has 106 valence electrons. The van der Waals surface area contributed by atoms with E-state index >= 15 is 0 Å². The maximum Gasteiger partial charge on any atom is 0.134 e. The van der Waals surface area contributed by atoms with E-state index in [4.69, 9.17) is 4.74 Å². The lowest BCUT2D eigenvalue weighted by molar-refractivity contribution is 0.307. The van der Waals surface area contributed by atoms with Crippen molar-refractivity contribution in [3.05, 3.63) is 50.4 Å². The van der Waals surface area contributed by atoms with Crippen molar-refractivity contribution in [3.8, 4) is 5.75 Å². The van der Waals surface area contributed by atoms with Gasteiger partial charge in [-0.15, -0.1) is 11.3 Å². The van der Waals surface area contributed by atoms with Gasteiger partial charge in [-0.1, -0.05) is 0 Å². The Labute approximate surface area is 130 Å². The van der Waals surface area contributed by atoms with Crippen LogP contribution in [0.25, 0.3) is 0 Å². The van der Waals surface area contributed by atoms with Gasteiger partial charge in [0.2, 0.25) is 0 Å². The molecule has 1 saturated carbocycles. The average Bonchev–Trinajstić information content (AvgIpc) is 3.14. The Kier molecular flexibility index (Phi) is 4.38. The molecule has 0 unspecified atom stereocenters. The molecule has 1 aliphatic rings. The van der Waals surface area contributed by atoms with Gasteiger partial charge >= 0.3 is 0 Å². The first-order chi connectivity index (χ1) is 9.70. The van der Waals surface area contributed by atoms with Gasteiger partial charge in [-0.3, -0.25) is 0 Å². The highest BCUT2D eigenvalue weighted by atomic mass is 79.9. The molecule has 1 aromatic carbocycles. The Morgan fingerprint density at radius 1 is 1.25 bits per heavy atom. The third-order valence-electron chi connectivity index (χ3n) is 3.12. The molecule has 1 heterocycles. The smallest absolute Gasteiger partial charge is 0.134 e. The van der Waals surface area contributed by atoms with Crippen molar-refractivity contribution in [2.24, 2.45) is 0 Å². The summed E-state index contributed by atoms with van der Waals surface area (Å²) in [5.41, 5.74) is 0. The van der Waals surface area contributed by atoms with Crippen molar-refractivity contribution in [3.63, 3.8) is 0 Å². The average molecular weight is 356 g/mol. The molecule has 0 amide bonds. The van der Waals surface area contributed by atoms with E-state index in [1.807, 2.05) is 0 Å². The van der Waals surface area contributed by atoms with Gasteiger partial charge in [-0.05, 0) is 59.1 Å². The maximum atomic E-state index is 13.0. The molecule has 5 heteroatoms. The van der Waals surface area contributed by atoms with Gasteiger partial charge in [0.15, 0.2) is 0 Å². The Morgan fingerprint density at radius 2 is 2.05 bits per heavy atom. The molecule has 1 aliphatic carbocycles. The topological polar surface area (TPSA) is 21.3 Å². The molecule has 2 nitrogen and oxygen atoms in total. The van der Waals surface area contributed by atoms with Crippen LogP contribution in [0.4, 0.5) is 4.39 Å². The molecular weight excluding hydrogens is 341 g/mol. The molecule has 0 spiro atoms. The van der Waals surface area contributed by atoms with Gasteiger partial charge in [0.1, 0.15) is 18.2 Å². The minimum Gasteiger partial charge on any atom is -0.487 e. The summed E-state index contributed by atoms with van der Waals surface area (Å²) in [6.07, 6.45) is 2.61. The molecule has 0 bridgehead atoms. The van der Waals surface area contributed by atoms with Crippen LogP contribution in [0.15, 0.2) is 34.8 Å². The zero-order valence-corrected chi connectivity index (χ0v) is 13.3. The van der Waals surface area contributed by atoms with Crippen molar-refractivity contribution < 1.29 is 9.13 Å². The molecule has 1 N–H and O–H groups in total. The molecule has 0 aliphatic heterocycles. The number of nitrogens with one attached hydrogen (secondary N) is 1. The first kappa shape index (κ1) is 14.0. The van der Waals surface area contributed by atoms with Crippen LogP contribution in [-0.4, -0.2) is 6.04 Å². The lowest BCUT2D eigenvalue weighted by Gasteiger charge is -2.06. The van der Waals surface area contributed by atoms with Gasteiger partial charge in [0.05, 0.1) is 4.47 Å². The SMILES string of the molecule is Fc1ccc(OCc2ccc(CNC3CC3)s2)c(Br)c1. The minimum absolute atomic E-state index is 0.270. The van der Waals surface area contributed by atoms with Crippen molar-refractivity contribution >= 4 is 27.3 Å². The first-order valence-electron chi connectivity index (χ1n) is 6.59. The predicted molar refractivity (Wildman–Crippen MR) is 82.6 cm³/mol. The van der Waals surface area contributed by atoms with Crippen LogP contribution in [0.1, 0.15) is 22.6 Å². The van der Waals surface area contributed by atoms with Crippen LogP contribution in [0, 0.1) is 5.82 Å². The van der Waals surface area contributed by atoms with E-state index in [0.717, 1.165) is 12.6 Å². The normalized spacial score (nSPS) is 14.5. The number of halogens is 2. The lowest BCUT2D eigenvalue weighted by atomic mass is 10.3. The maximum absolute atomic E-state index is 13.0. The monoisotopic (exact) mass is 355 g/mol. The highest BCUT2D eigenvalue weighted by Crippen LogP contribution is 2.27. The summed E-state index contributed by atoms with van der Waals surface area (Å²) in [5.74, 6) is 0.395. The highest BCUT2D eigenvalue weighted by molar-refractivity contribution is 9.10. The van der Waals surface area contributed by atoms with E-state index < -0.39 is 0 Å². The number of hydrogen-bond acceptors (Lipinski definition) is 3. The van der Waals surface area contributed by atoms with E-state index in [1.165, 1.54) is 34.7 Å². The van der Waals surface area contributed by atoms with Crippen LogP contribution >= 0.6 is 27.3 Å². The standard InChI is InChI=1S/C15H15BrFNOS/c16-14-7-10(17)1-6-15(14)19-9-13-5-4-12(20-13)8-18-11-2-3-11/h1,4-7,11,18H,2-3,8-9H2. The number of ether oxygens (including phenoxy) is 1. The quantitative estimate of drug-likeness (QED) is 0.824. The van der Waals surface area contributed by atoms with E-state index in [0.29, 0.717) is 16.8 Å². The largest absolute Gasteiger partial charge is 0.487 e. The Balaban J connectivity index is 1.54. The van der Waals surface area contributed by atoms with Gasteiger partial charge in [-0.25, -0.2) is 4.39 Å². The Hall–Kier alpha value is -0.910. The van der Waals surface area contributed by atoms with Crippen molar-refractivity contribution in [1.29, 1.82) is 0 Å². The van der Waals surface area contributed by atoms with Crippen LogP contribution in [-0.2, 0) is 13.2 Å². The fraction of sp³-hybridized carbons (Fsp3) is 0.333. The second kappa shape index (κ2) is 6.24. The molecule has 2 aromatic rings. The molecule has 1 aromatic heterocycles. The van der Waals surface area contributed by atoms with E-state index in [-0.39, 0.29) is 5.82 Å². The summed E-state index contributed by atoms with van der Waals surface area (Å²) < 4.78 is 19.3. The summed E-state index contributed by atoms with van der Waals surface area (Å²) in [5, 5.41) is 3.50.